The summed E-state index contributed by atoms with van der Waals surface area (Å²) in [5.41, 5.74) is -0.401. The molecule has 0 aliphatic heterocycles. The highest BCUT2D eigenvalue weighted by Crippen LogP contribution is 2.59. The second-order valence-electron chi connectivity index (χ2n) is 8.35. The van der Waals surface area contributed by atoms with Crippen LogP contribution in [-0.4, -0.2) is 69.6 Å². The Labute approximate surface area is 186 Å². The van der Waals surface area contributed by atoms with Crippen LogP contribution in [0, 0.1) is 5.41 Å². The quantitative estimate of drug-likeness (QED) is 0.280. The number of hydrogen-bond acceptors (Lipinski definition) is 9. The van der Waals surface area contributed by atoms with Gasteiger partial charge >= 0.3 is 7.60 Å². The van der Waals surface area contributed by atoms with E-state index in [-0.39, 0.29) is 31.4 Å². The lowest BCUT2D eigenvalue weighted by Crippen LogP contribution is -2.35. The monoisotopic (exact) mass is 475 g/mol. The number of rotatable bonds is 12. The average Bonchev–Trinajstić information content (AvgIpc) is 3.16. The van der Waals surface area contributed by atoms with Crippen LogP contribution in [0.5, 0.6) is 0 Å². The Morgan fingerprint density at radius 2 is 1.88 bits per heavy atom. The molecule has 2 aromatic rings. The second-order valence-corrected chi connectivity index (χ2v) is 10.4. The van der Waals surface area contributed by atoms with Gasteiger partial charge in [-0.1, -0.05) is 13.8 Å². The van der Waals surface area contributed by atoms with E-state index in [4.69, 9.17) is 14.7 Å². The number of ether oxygens (including phenoxy) is 1. The van der Waals surface area contributed by atoms with E-state index in [1.165, 1.54) is 21.8 Å². The van der Waals surface area contributed by atoms with Crippen molar-refractivity contribution in [2.24, 2.45) is 7.05 Å². The molecule has 0 amide bonds. The van der Waals surface area contributed by atoms with Crippen molar-refractivity contribution >= 4 is 18.8 Å². The van der Waals surface area contributed by atoms with Gasteiger partial charge in [-0.05, 0) is 33.1 Å². The maximum Gasteiger partial charge on any atom is 0.359 e. The summed E-state index contributed by atoms with van der Waals surface area (Å²) in [6.45, 7) is 5.81. The molecule has 0 radical (unpaired) electrons. The number of imidazole rings is 1. The molecular weight excluding hydrogens is 441 g/mol. The molecule has 2 rings (SSSR count). The summed E-state index contributed by atoms with van der Waals surface area (Å²) < 4.78 is 26.8. The lowest BCUT2D eigenvalue weighted by Gasteiger charge is -2.36. The Morgan fingerprint density at radius 1 is 1.25 bits per heavy atom. The van der Waals surface area contributed by atoms with Gasteiger partial charge in [0.2, 0.25) is 0 Å². The predicted molar refractivity (Wildman–Crippen MR) is 116 cm³/mol. The van der Waals surface area contributed by atoms with Gasteiger partial charge in [-0.25, -0.2) is 9.97 Å². The maximum absolute atomic E-state index is 12.7. The highest BCUT2D eigenvalue weighted by atomic mass is 31.2. The molecule has 0 aliphatic carbocycles. The molecule has 2 aromatic heterocycles. The highest BCUT2D eigenvalue weighted by Gasteiger charge is 2.47. The Hall–Kier alpha value is -1.66. The van der Waals surface area contributed by atoms with Crippen LogP contribution in [0.25, 0.3) is 11.2 Å². The molecule has 0 saturated heterocycles. The minimum atomic E-state index is -4.35. The average molecular weight is 475 g/mol. The SMILES string of the molecule is CCC(O)(CC)P(=O)(O)OC(C)(C)CCO[C@H]([C@H](O)CO)n1cnc2c(=N)n(C)cnc21. The standard InChI is InChI=1S/C19H34N5O7P/c1-6-19(27,7-2)32(28,29)31-18(3,4)8-9-30-17(13(26)10-25)24-12-21-14-15(20)23(5)11-22-16(14)24/h11-13,17,20,25-27H,6-10H2,1-5H3,(H,28,29)/t13-,17-/m1/s1. The molecular formula is C19H34N5O7P. The maximum atomic E-state index is 12.7. The third-order valence-electron chi connectivity index (χ3n) is 5.51. The van der Waals surface area contributed by atoms with Crippen LogP contribution in [0.1, 0.15) is 53.2 Å². The minimum absolute atomic E-state index is 0.0145. The van der Waals surface area contributed by atoms with E-state index in [1.54, 1.807) is 34.7 Å². The van der Waals surface area contributed by atoms with E-state index in [9.17, 15) is 24.8 Å². The van der Waals surface area contributed by atoms with Gasteiger partial charge in [0.25, 0.3) is 0 Å². The number of aliphatic hydroxyl groups excluding tert-OH is 2. The summed E-state index contributed by atoms with van der Waals surface area (Å²) in [6.07, 6.45) is 0.694. The molecule has 3 atom stereocenters. The van der Waals surface area contributed by atoms with E-state index >= 15 is 0 Å². The molecule has 0 aliphatic rings. The van der Waals surface area contributed by atoms with E-state index in [0.717, 1.165) is 0 Å². The fourth-order valence-electron chi connectivity index (χ4n) is 3.21. The topological polar surface area (TPSA) is 176 Å². The minimum Gasteiger partial charge on any atom is -0.394 e. The zero-order valence-electron chi connectivity index (χ0n) is 19.1. The lowest BCUT2D eigenvalue weighted by molar-refractivity contribution is -0.106. The number of fused-ring (bicyclic) bond motifs is 1. The van der Waals surface area contributed by atoms with Gasteiger partial charge in [0.05, 0.1) is 31.5 Å². The van der Waals surface area contributed by atoms with Crippen LogP contribution in [0.15, 0.2) is 12.7 Å². The predicted octanol–water partition coefficient (Wildman–Crippen LogP) is 0.997. The third kappa shape index (κ3) is 5.45. The number of nitrogens with one attached hydrogen (secondary N) is 1. The Balaban J connectivity index is 2.18. The number of aryl methyl sites for hydroxylation is 1. The first-order chi connectivity index (χ1) is 14.8. The molecule has 182 valence electrons. The molecule has 0 bridgehead atoms. The third-order valence-corrected chi connectivity index (χ3v) is 7.94. The first-order valence-electron chi connectivity index (χ1n) is 10.4. The normalized spacial score (nSPS) is 16.8. The summed E-state index contributed by atoms with van der Waals surface area (Å²) in [7, 11) is -2.70. The van der Waals surface area contributed by atoms with Gasteiger partial charge in [-0.2, -0.15) is 0 Å². The molecule has 0 saturated carbocycles. The summed E-state index contributed by atoms with van der Waals surface area (Å²) in [4.78, 5) is 18.8. The number of aromatic nitrogens is 4. The molecule has 0 aromatic carbocycles. The Morgan fingerprint density at radius 3 is 2.44 bits per heavy atom. The van der Waals surface area contributed by atoms with Gasteiger partial charge in [-0.15, -0.1) is 0 Å². The van der Waals surface area contributed by atoms with E-state index in [0.29, 0.717) is 11.2 Å². The van der Waals surface area contributed by atoms with Crippen LogP contribution in [0.3, 0.4) is 0 Å². The molecule has 0 fully saturated rings. The van der Waals surface area contributed by atoms with Gasteiger partial charge in [0.1, 0.15) is 11.6 Å². The van der Waals surface area contributed by atoms with E-state index in [2.05, 4.69) is 9.97 Å². The molecule has 2 heterocycles. The molecule has 0 spiro atoms. The molecule has 5 N–H and O–H groups in total. The molecule has 12 nitrogen and oxygen atoms in total. The fraction of sp³-hybridized carbons (Fsp3) is 0.737. The molecule has 32 heavy (non-hydrogen) atoms. The largest absolute Gasteiger partial charge is 0.394 e. The first-order valence-corrected chi connectivity index (χ1v) is 12.0. The van der Waals surface area contributed by atoms with Gasteiger partial charge < -0.3 is 34.0 Å². The van der Waals surface area contributed by atoms with Gasteiger partial charge in [0, 0.05) is 7.05 Å². The summed E-state index contributed by atoms with van der Waals surface area (Å²) >= 11 is 0. The van der Waals surface area contributed by atoms with E-state index in [1.807, 2.05) is 0 Å². The second kappa shape index (κ2) is 10.1. The van der Waals surface area contributed by atoms with Crippen LogP contribution in [-0.2, 0) is 20.9 Å². The van der Waals surface area contributed by atoms with Crippen LogP contribution in [0.4, 0.5) is 0 Å². The zero-order chi connectivity index (χ0) is 24.3. The summed E-state index contributed by atoms with van der Waals surface area (Å²) in [5.74, 6) is 0. The highest BCUT2D eigenvalue weighted by molar-refractivity contribution is 7.54. The van der Waals surface area contributed by atoms with Crippen molar-refractivity contribution < 1.29 is 34.0 Å². The lowest BCUT2D eigenvalue weighted by atomic mass is 10.1. The first kappa shape index (κ1) is 26.6. The molecule has 13 heteroatoms. The number of hydrogen-bond donors (Lipinski definition) is 5. The van der Waals surface area contributed by atoms with E-state index < -0.39 is 37.5 Å². The fourth-order valence-corrected chi connectivity index (χ4v) is 4.94. The van der Waals surface area contributed by atoms with Crippen molar-refractivity contribution in [3.05, 3.63) is 18.1 Å². The summed E-state index contributed by atoms with van der Waals surface area (Å²) in [6, 6.07) is 0. The van der Waals surface area contributed by atoms with Crippen LogP contribution in [0.2, 0.25) is 0 Å². The Bertz CT molecular complexity index is 1020. The van der Waals surface area contributed by atoms with Crippen molar-refractivity contribution in [3.8, 4) is 0 Å². The summed E-state index contributed by atoms with van der Waals surface area (Å²) in [5, 5.41) is 36.5. The van der Waals surface area contributed by atoms with Crippen molar-refractivity contribution in [2.75, 3.05) is 13.2 Å². The smallest absolute Gasteiger partial charge is 0.359 e. The van der Waals surface area contributed by atoms with Crippen molar-refractivity contribution in [2.45, 2.75) is 70.2 Å². The Kier molecular flexibility index (Phi) is 8.38. The van der Waals surface area contributed by atoms with Crippen molar-refractivity contribution in [3.63, 3.8) is 0 Å². The number of aliphatic hydroxyl groups is 3. The van der Waals surface area contributed by atoms with Gasteiger partial charge in [-0.3, -0.25) is 14.5 Å². The van der Waals surface area contributed by atoms with Crippen molar-refractivity contribution in [1.82, 2.24) is 19.1 Å². The number of nitrogens with zero attached hydrogens (tertiary/aromatic N) is 4. The molecule has 1 unspecified atom stereocenters. The van der Waals surface area contributed by atoms with Gasteiger partial charge in [0.15, 0.2) is 22.7 Å². The van der Waals surface area contributed by atoms with Crippen LogP contribution < -0.4 is 5.49 Å². The van der Waals surface area contributed by atoms with Crippen LogP contribution >= 0.6 is 7.60 Å². The van der Waals surface area contributed by atoms with Crippen molar-refractivity contribution in [1.29, 1.82) is 5.41 Å². The zero-order valence-corrected chi connectivity index (χ0v) is 20.0.